The van der Waals surface area contributed by atoms with E-state index in [9.17, 15) is 45.3 Å². The number of esters is 2. The summed E-state index contributed by atoms with van der Waals surface area (Å²) in [5.41, 5.74) is 0. The molecule has 0 aromatic heterocycles. The highest BCUT2D eigenvalue weighted by Crippen LogP contribution is 2.26. The molecule has 15 nitrogen and oxygen atoms in total. The summed E-state index contributed by atoms with van der Waals surface area (Å²) in [7, 11) is 0. The summed E-state index contributed by atoms with van der Waals surface area (Å²) >= 11 is 0. The zero-order valence-electron chi connectivity index (χ0n) is 28.0. The molecular formula is C33H56O15. The summed E-state index contributed by atoms with van der Waals surface area (Å²) in [5, 5.41) is 70.7. The van der Waals surface area contributed by atoms with Crippen LogP contribution in [-0.2, 0) is 38.0 Å². The quantitative estimate of drug-likeness (QED) is 0.0454. The van der Waals surface area contributed by atoms with E-state index in [4.69, 9.17) is 28.4 Å². The van der Waals surface area contributed by atoms with E-state index < -0.39 is 99.3 Å². The van der Waals surface area contributed by atoms with Crippen molar-refractivity contribution in [3.05, 3.63) is 24.3 Å². The van der Waals surface area contributed by atoms with Gasteiger partial charge in [0.2, 0.25) is 0 Å². The van der Waals surface area contributed by atoms with Crippen molar-refractivity contribution in [2.45, 2.75) is 146 Å². The van der Waals surface area contributed by atoms with Crippen LogP contribution in [0, 0.1) is 0 Å². The molecule has 11 unspecified atom stereocenters. The minimum absolute atomic E-state index is 0.144. The third kappa shape index (κ3) is 14.8. The molecular weight excluding hydrogens is 636 g/mol. The van der Waals surface area contributed by atoms with Crippen molar-refractivity contribution in [3.8, 4) is 0 Å². The fourth-order valence-corrected chi connectivity index (χ4v) is 5.10. The van der Waals surface area contributed by atoms with Crippen LogP contribution in [0.3, 0.4) is 0 Å². The number of carbonyl (C=O) groups excluding carboxylic acids is 2. The van der Waals surface area contributed by atoms with E-state index in [1.165, 1.54) is 6.92 Å². The van der Waals surface area contributed by atoms with E-state index in [2.05, 4.69) is 31.2 Å². The van der Waals surface area contributed by atoms with Gasteiger partial charge in [-0.25, -0.2) is 0 Å². The highest BCUT2D eigenvalue weighted by atomic mass is 16.7. The Morgan fingerprint density at radius 1 is 0.708 bits per heavy atom. The zero-order valence-corrected chi connectivity index (χ0v) is 28.0. The Hall–Kier alpha value is -2.02. The maximum atomic E-state index is 12.5. The molecule has 0 spiro atoms. The molecule has 0 aliphatic carbocycles. The van der Waals surface area contributed by atoms with E-state index in [0.717, 1.165) is 51.4 Å². The largest absolute Gasteiger partial charge is 0.462 e. The second-order valence-corrected chi connectivity index (χ2v) is 12.1. The van der Waals surface area contributed by atoms with Crippen molar-refractivity contribution in [2.24, 2.45) is 0 Å². The predicted octanol–water partition coefficient (Wildman–Crippen LogP) is 0.135. The number of aliphatic hydroxyl groups is 7. The average Bonchev–Trinajstić information content (AvgIpc) is 3.06. The summed E-state index contributed by atoms with van der Waals surface area (Å²) in [5.74, 6) is -1.14. The van der Waals surface area contributed by atoms with E-state index >= 15 is 0 Å². The molecule has 0 aromatic carbocycles. The van der Waals surface area contributed by atoms with Gasteiger partial charge in [0.1, 0.15) is 55.4 Å². The van der Waals surface area contributed by atoms with Gasteiger partial charge in [0.25, 0.3) is 0 Å². The van der Waals surface area contributed by atoms with Gasteiger partial charge in [0.15, 0.2) is 18.7 Å². The van der Waals surface area contributed by atoms with Crippen LogP contribution in [0.5, 0.6) is 0 Å². The van der Waals surface area contributed by atoms with Crippen LogP contribution in [0.25, 0.3) is 0 Å². The average molecular weight is 693 g/mol. The second kappa shape index (κ2) is 23.4. The smallest absolute Gasteiger partial charge is 0.306 e. The van der Waals surface area contributed by atoms with Gasteiger partial charge in [0.05, 0.1) is 19.8 Å². The third-order valence-corrected chi connectivity index (χ3v) is 7.97. The molecule has 2 aliphatic rings. The first-order valence-electron chi connectivity index (χ1n) is 16.9. The van der Waals surface area contributed by atoms with Gasteiger partial charge >= 0.3 is 11.9 Å². The van der Waals surface area contributed by atoms with E-state index in [1.54, 1.807) is 0 Å². The van der Waals surface area contributed by atoms with Crippen LogP contribution in [-0.4, -0.2) is 142 Å². The number of carbonyl (C=O) groups is 2. The molecule has 48 heavy (non-hydrogen) atoms. The molecule has 7 N–H and O–H groups in total. The number of aliphatic hydroxyl groups excluding tert-OH is 7. The van der Waals surface area contributed by atoms with Crippen LogP contribution in [0.15, 0.2) is 24.3 Å². The Kier molecular flexibility index (Phi) is 20.5. The Bertz CT molecular complexity index is 959. The standard InChI is InChI=1S/C33H56O15/c1-3-4-5-6-7-8-9-10-11-12-13-14-15-16-25(36)46-22(18-43-21(2)35)19-44-32-31(42)29(40)27(38)24(48-32)20-45-33-30(41)28(39)26(37)23(17-34)47-33/h5-6,8-9,22-24,26-34,37-42H,3-4,7,10-20H2,1-2H3/b6-5-,9-8-. The van der Waals surface area contributed by atoms with Crippen molar-refractivity contribution >= 4 is 11.9 Å². The van der Waals surface area contributed by atoms with Crippen LogP contribution in [0.2, 0.25) is 0 Å². The maximum Gasteiger partial charge on any atom is 0.306 e. The summed E-state index contributed by atoms with van der Waals surface area (Å²) in [6.45, 7) is 1.40. The Morgan fingerprint density at radius 2 is 1.29 bits per heavy atom. The van der Waals surface area contributed by atoms with Crippen molar-refractivity contribution in [1.29, 1.82) is 0 Å². The van der Waals surface area contributed by atoms with Gasteiger partial charge in [-0.15, -0.1) is 0 Å². The monoisotopic (exact) mass is 692 g/mol. The molecule has 0 saturated carbocycles. The van der Waals surface area contributed by atoms with Crippen molar-refractivity contribution in [1.82, 2.24) is 0 Å². The number of hydrogen-bond donors (Lipinski definition) is 7. The molecule has 2 fully saturated rings. The Labute approximate surface area is 282 Å². The predicted molar refractivity (Wildman–Crippen MR) is 169 cm³/mol. The molecule has 2 heterocycles. The minimum Gasteiger partial charge on any atom is -0.462 e. The first-order valence-corrected chi connectivity index (χ1v) is 16.9. The summed E-state index contributed by atoms with van der Waals surface area (Å²) in [6.07, 6.45) is 0.798. The number of ether oxygens (including phenoxy) is 6. The molecule has 278 valence electrons. The highest BCUT2D eigenvalue weighted by Gasteiger charge is 2.47. The summed E-state index contributed by atoms with van der Waals surface area (Å²) in [4.78, 5) is 23.9. The number of allylic oxidation sites excluding steroid dienone is 4. The Balaban J connectivity index is 1.79. The van der Waals surface area contributed by atoms with Crippen LogP contribution in [0.4, 0.5) is 0 Å². The third-order valence-electron chi connectivity index (χ3n) is 7.97. The fraction of sp³-hybridized carbons (Fsp3) is 0.818. The number of unbranched alkanes of at least 4 members (excludes halogenated alkanes) is 6. The fourth-order valence-electron chi connectivity index (χ4n) is 5.10. The Morgan fingerprint density at radius 3 is 1.94 bits per heavy atom. The molecule has 0 bridgehead atoms. The second-order valence-electron chi connectivity index (χ2n) is 12.1. The first-order chi connectivity index (χ1) is 23.0. The topological polar surface area (TPSA) is 231 Å². The molecule has 15 heteroatoms. The number of rotatable bonds is 22. The minimum atomic E-state index is -1.76. The maximum absolute atomic E-state index is 12.5. The SMILES string of the molecule is CCC/C=C\C/C=C\CCCCCCCC(=O)OC(COC(C)=O)COC1OC(COC2OC(CO)C(O)C(O)C2O)C(O)C(O)C1O. The summed E-state index contributed by atoms with van der Waals surface area (Å²) < 4.78 is 32.3. The molecule has 11 atom stereocenters. The van der Waals surface area contributed by atoms with Crippen LogP contribution < -0.4 is 0 Å². The van der Waals surface area contributed by atoms with Gasteiger partial charge in [-0.05, 0) is 32.1 Å². The van der Waals surface area contributed by atoms with E-state index in [1.807, 2.05) is 0 Å². The highest BCUT2D eigenvalue weighted by molar-refractivity contribution is 5.69. The van der Waals surface area contributed by atoms with Crippen molar-refractivity contribution in [2.75, 3.05) is 26.4 Å². The van der Waals surface area contributed by atoms with Gasteiger partial charge in [-0.3, -0.25) is 9.59 Å². The van der Waals surface area contributed by atoms with Crippen molar-refractivity contribution < 1.29 is 73.8 Å². The lowest BCUT2D eigenvalue weighted by atomic mass is 9.98. The molecule has 2 aliphatic heterocycles. The van der Waals surface area contributed by atoms with Gasteiger partial charge in [-0.2, -0.15) is 0 Å². The molecule has 0 aromatic rings. The van der Waals surface area contributed by atoms with E-state index in [0.29, 0.717) is 6.42 Å². The van der Waals surface area contributed by atoms with Gasteiger partial charge in [-0.1, -0.05) is 56.9 Å². The normalized spacial score (nSPS) is 31.7. The van der Waals surface area contributed by atoms with Crippen molar-refractivity contribution in [3.63, 3.8) is 0 Å². The van der Waals surface area contributed by atoms with E-state index in [-0.39, 0.29) is 13.0 Å². The lowest BCUT2D eigenvalue weighted by molar-refractivity contribution is -0.332. The lowest BCUT2D eigenvalue weighted by Gasteiger charge is -2.42. The van der Waals surface area contributed by atoms with Crippen LogP contribution >= 0.6 is 0 Å². The molecule has 0 radical (unpaired) electrons. The zero-order chi connectivity index (χ0) is 35.5. The van der Waals surface area contributed by atoms with Gasteiger partial charge in [0, 0.05) is 13.3 Å². The first kappa shape index (κ1) is 42.1. The summed E-state index contributed by atoms with van der Waals surface area (Å²) in [6, 6.07) is 0. The molecule has 2 rings (SSSR count). The van der Waals surface area contributed by atoms with Crippen LogP contribution in [0.1, 0.15) is 78.1 Å². The molecule has 2 saturated heterocycles. The molecule has 0 amide bonds. The van der Waals surface area contributed by atoms with Gasteiger partial charge < -0.3 is 64.2 Å². The lowest BCUT2D eigenvalue weighted by Crippen LogP contribution is -2.61. The number of hydrogen-bond acceptors (Lipinski definition) is 15.